The predicted molar refractivity (Wildman–Crippen MR) is 84.7 cm³/mol. The third-order valence-electron chi connectivity index (χ3n) is 3.44. The van der Waals surface area contributed by atoms with E-state index in [4.69, 9.17) is 11.8 Å². The molecule has 0 aliphatic rings. The maximum atomic E-state index is 13.1. The molecule has 1 atom stereocenters. The van der Waals surface area contributed by atoms with Crippen LogP contribution in [0.1, 0.15) is 18.8 Å². The fourth-order valence-electron chi connectivity index (χ4n) is 2.33. The van der Waals surface area contributed by atoms with E-state index in [1.807, 2.05) is 6.07 Å². The highest BCUT2D eigenvalue weighted by atomic mass is 35.5. The summed E-state index contributed by atoms with van der Waals surface area (Å²) >= 11 is 5.71. The van der Waals surface area contributed by atoms with E-state index in [9.17, 15) is 9.18 Å². The molecule has 0 radical (unpaired) electrons. The van der Waals surface area contributed by atoms with Gasteiger partial charge in [0.2, 0.25) is 0 Å². The van der Waals surface area contributed by atoms with Crippen LogP contribution in [0.3, 0.4) is 0 Å². The summed E-state index contributed by atoms with van der Waals surface area (Å²) in [7, 11) is 0. The molecule has 0 bridgehead atoms. The summed E-state index contributed by atoms with van der Waals surface area (Å²) in [5.74, 6) is 0.0981. The number of para-hydroxylation sites is 1. The van der Waals surface area contributed by atoms with Gasteiger partial charge in [-0.2, -0.15) is 0 Å². The largest absolute Gasteiger partial charge is 0.268 e. The van der Waals surface area contributed by atoms with Gasteiger partial charge in [-0.05, 0) is 55.1 Å². The van der Waals surface area contributed by atoms with Gasteiger partial charge in [0.25, 0.3) is 5.56 Å². The van der Waals surface area contributed by atoms with Gasteiger partial charge in [0.05, 0.1) is 22.6 Å². The van der Waals surface area contributed by atoms with Gasteiger partial charge in [0.15, 0.2) is 0 Å². The van der Waals surface area contributed by atoms with Gasteiger partial charge in [0.1, 0.15) is 11.6 Å². The van der Waals surface area contributed by atoms with Crippen molar-refractivity contribution in [2.75, 3.05) is 0 Å². The highest BCUT2D eigenvalue weighted by Crippen LogP contribution is 2.18. The van der Waals surface area contributed by atoms with Crippen molar-refractivity contribution in [3.63, 3.8) is 0 Å². The van der Waals surface area contributed by atoms with E-state index in [-0.39, 0.29) is 17.4 Å². The molecule has 1 N–H and O–H groups in total. The van der Waals surface area contributed by atoms with Crippen molar-refractivity contribution in [2.24, 2.45) is 0 Å². The molecule has 6 heteroatoms. The second-order valence-electron chi connectivity index (χ2n) is 4.93. The minimum Gasteiger partial charge on any atom is -0.268 e. The molecular weight excluding hydrogens is 305 g/mol. The number of halogens is 2. The third-order valence-corrected chi connectivity index (χ3v) is 3.76. The Bertz CT molecular complexity index is 877. The molecule has 0 aliphatic carbocycles. The third kappa shape index (κ3) is 2.49. The number of hydrogen-bond donors (Lipinski definition) is 1. The molecule has 0 spiro atoms. The highest BCUT2D eigenvalue weighted by molar-refractivity contribution is 6.13. The Balaban J connectivity index is 2.37. The summed E-state index contributed by atoms with van der Waals surface area (Å²) in [6.07, 6.45) is 0. The number of aromatic nitrogens is 2. The van der Waals surface area contributed by atoms with Crippen molar-refractivity contribution in [3.8, 4) is 5.69 Å². The lowest BCUT2D eigenvalue weighted by Crippen LogP contribution is -2.27. The first-order chi connectivity index (χ1) is 10.6. The zero-order chi connectivity index (χ0) is 15.7. The van der Waals surface area contributed by atoms with Crippen LogP contribution in [0.5, 0.6) is 0 Å². The molecule has 1 aromatic heterocycles. The number of rotatable bonds is 3. The minimum absolute atomic E-state index is 0.217. The molecule has 1 unspecified atom stereocenters. The molecule has 1 heterocycles. The normalized spacial score (nSPS) is 12.5. The van der Waals surface area contributed by atoms with E-state index < -0.39 is 0 Å². The quantitative estimate of drug-likeness (QED) is 0.754. The van der Waals surface area contributed by atoms with Crippen LogP contribution in [-0.2, 0) is 0 Å². The lowest BCUT2D eigenvalue weighted by molar-refractivity contribution is 0.625. The SMILES string of the molecule is CC(NCl)c1nc2ccccc2c(=O)n1-c1ccc(F)cc1. The Morgan fingerprint density at radius 1 is 1.18 bits per heavy atom. The van der Waals surface area contributed by atoms with E-state index in [1.165, 1.54) is 28.8 Å². The Labute approximate surface area is 131 Å². The predicted octanol–water partition coefficient (Wildman–Crippen LogP) is 3.33. The number of hydrogen-bond acceptors (Lipinski definition) is 3. The fourth-order valence-corrected chi connectivity index (χ4v) is 2.43. The zero-order valence-corrected chi connectivity index (χ0v) is 12.5. The Hall–Kier alpha value is -2.24. The average molecular weight is 318 g/mol. The molecule has 0 aliphatic heterocycles. The maximum absolute atomic E-state index is 13.1. The summed E-state index contributed by atoms with van der Waals surface area (Å²) in [6.45, 7) is 1.80. The summed E-state index contributed by atoms with van der Waals surface area (Å²) in [4.78, 5) is 19.9. The van der Waals surface area contributed by atoms with Crippen LogP contribution >= 0.6 is 11.8 Å². The molecule has 22 heavy (non-hydrogen) atoms. The van der Waals surface area contributed by atoms with Gasteiger partial charge in [-0.1, -0.05) is 12.1 Å². The Kier molecular flexibility index (Phi) is 3.92. The number of nitrogens with zero attached hydrogens (tertiary/aromatic N) is 2. The van der Waals surface area contributed by atoms with E-state index in [1.54, 1.807) is 25.1 Å². The molecular formula is C16H13ClFN3O. The molecule has 2 aromatic carbocycles. The van der Waals surface area contributed by atoms with E-state index in [0.717, 1.165) is 0 Å². The highest BCUT2D eigenvalue weighted by Gasteiger charge is 2.17. The van der Waals surface area contributed by atoms with Gasteiger partial charge in [-0.15, -0.1) is 0 Å². The maximum Gasteiger partial charge on any atom is 0.266 e. The van der Waals surface area contributed by atoms with Crippen molar-refractivity contribution in [3.05, 3.63) is 70.5 Å². The van der Waals surface area contributed by atoms with Crippen LogP contribution in [-0.4, -0.2) is 9.55 Å². The number of nitrogens with one attached hydrogen (secondary N) is 1. The number of fused-ring (bicyclic) bond motifs is 1. The summed E-state index contributed by atoms with van der Waals surface area (Å²) in [6, 6.07) is 12.4. The second kappa shape index (κ2) is 5.87. The second-order valence-corrected chi connectivity index (χ2v) is 5.15. The average Bonchev–Trinajstić information content (AvgIpc) is 2.55. The van der Waals surface area contributed by atoms with Gasteiger partial charge >= 0.3 is 0 Å². The standard InChI is InChI=1S/C16H13ClFN3O/c1-10(20-17)15-19-14-5-3-2-4-13(14)16(22)21(15)12-8-6-11(18)7-9-12/h2-10,20H,1H3. The molecule has 0 amide bonds. The monoisotopic (exact) mass is 317 g/mol. The Morgan fingerprint density at radius 3 is 2.55 bits per heavy atom. The van der Waals surface area contributed by atoms with Crippen LogP contribution in [0.15, 0.2) is 53.3 Å². The molecule has 4 nitrogen and oxygen atoms in total. The van der Waals surface area contributed by atoms with Crippen LogP contribution < -0.4 is 10.4 Å². The van der Waals surface area contributed by atoms with E-state index in [2.05, 4.69) is 9.82 Å². The van der Waals surface area contributed by atoms with Gasteiger partial charge in [0, 0.05) is 0 Å². The topological polar surface area (TPSA) is 46.9 Å². The van der Waals surface area contributed by atoms with Gasteiger partial charge < -0.3 is 0 Å². The van der Waals surface area contributed by atoms with E-state index >= 15 is 0 Å². The molecule has 0 saturated carbocycles. The van der Waals surface area contributed by atoms with Crippen LogP contribution in [0.2, 0.25) is 0 Å². The molecule has 112 valence electrons. The van der Waals surface area contributed by atoms with Crippen molar-refractivity contribution >= 4 is 22.7 Å². The molecule has 3 rings (SSSR count). The lowest BCUT2D eigenvalue weighted by atomic mass is 10.2. The van der Waals surface area contributed by atoms with Crippen LogP contribution in [0.25, 0.3) is 16.6 Å². The number of benzene rings is 2. The lowest BCUT2D eigenvalue weighted by Gasteiger charge is -2.17. The first-order valence-corrected chi connectivity index (χ1v) is 7.13. The first kappa shape index (κ1) is 14.7. The summed E-state index contributed by atoms with van der Waals surface area (Å²) < 4.78 is 14.6. The van der Waals surface area contributed by atoms with Crippen LogP contribution in [0.4, 0.5) is 4.39 Å². The molecule has 0 saturated heterocycles. The van der Waals surface area contributed by atoms with Crippen molar-refractivity contribution in [1.29, 1.82) is 0 Å². The minimum atomic E-state index is -0.365. The fraction of sp³-hybridized carbons (Fsp3) is 0.125. The van der Waals surface area contributed by atoms with Crippen molar-refractivity contribution in [2.45, 2.75) is 13.0 Å². The zero-order valence-electron chi connectivity index (χ0n) is 11.8. The van der Waals surface area contributed by atoms with Gasteiger partial charge in [-0.3, -0.25) is 9.36 Å². The van der Waals surface area contributed by atoms with Crippen molar-refractivity contribution in [1.82, 2.24) is 14.4 Å². The van der Waals surface area contributed by atoms with Crippen LogP contribution in [0, 0.1) is 5.82 Å². The van der Waals surface area contributed by atoms with Crippen molar-refractivity contribution < 1.29 is 4.39 Å². The summed E-state index contributed by atoms with van der Waals surface area (Å²) in [5.41, 5.74) is 0.920. The Morgan fingerprint density at radius 2 is 1.86 bits per heavy atom. The first-order valence-electron chi connectivity index (χ1n) is 6.75. The molecule has 3 aromatic rings. The van der Waals surface area contributed by atoms with E-state index in [0.29, 0.717) is 22.4 Å². The smallest absolute Gasteiger partial charge is 0.266 e. The van der Waals surface area contributed by atoms with Gasteiger partial charge in [-0.25, -0.2) is 14.2 Å². The summed E-state index contributed by atoms with van der Waals surface area (Å²) in [5, 5.41) is 0.498. The molecule has 0 fully saturated rings.